The van der Waals surface area contributed by atoms with Crippen molar-refractivity contribution < 1.29 is 9.84 Å². The van der Waals surface area contributed by atoms with Gasteiger partial charge in [0.1, 0.15) is 0 Å². The maximum absolute atomic E-state index is 10.3. The van der Waals surface area contributed by atoms with Crippen molar-refractivity contribution in [2.24, 2.45) is 5.92 Å². The first-order valence-corrected chi connectivity index (χ1v) is 6.37. The van der Waals surface area contributed by atoms with E-state index in [0.717, 1.165) is 35.2 Å². The Morgan fingerprint density at radius 1 is 1.27 bits per heavy atom. The summed E-state index contributed by atoms with van der Waals surface area (Å²) in [7, 11) is 0. The molecule has 1 aliphatic rings. The highest BCUT2D eigenvalue weighted by Gasteiger charge is 2.24. The molecule has 1 aromatic carbocycles. The summed E-state index contributed by atoms with van der Waals surface area (Å²) in [5.74, 6) is 0.356. The second kappa shape index (κ2) is 5.27. The molecule has 1 N–H and O–H groups in total. The fourth-order valence-electron chi connectivity index (χ4n) is 2.00. The van der Waals surface area contributed by atoms with Crippen molar-refractivity contribution in [1.82, 2.24) is 0 Å². The van der Waals surface area contributed by atoms with Gasteiger partial charge in [0.15, 0.2) is 0 Å². The van der Waals surface area contributed by atoms with Gasteiger partial charge < -0.3 is 9.84 Å². The van der Waals surface area contributed by atoms with Crippen LogP contribution in [0.25, 0.3) is 0 Å². The Morgan fingerprint density at radius 3 is 2.60 bits per heavy atom. The average Bonchev–Trinajstić information content (AvgIpc) is 2.30. The molecular formula is C12H15IO2. The third kappa shape index (κ3) is 2.71. The number of hydrogen-bond donors (Lipinski definition) is 1. The molecule has 0 aromatic heterocycles. The highest BCUT2D eigenvalue weighted by Crippen LogP contribution is 2.31. The van der Waals surface area contributed by atoms with E-state index in [9.17, 15) is 5.11 Å². The van der Waals surface area contributed by atoms with Gasteiger partial charge in [-0.2, -0.15) is 0 Å². The van der Waals surface area contributed by atoms with Crippen LogP contribution in [0.4, 0.5) is 0 Å². The second-order valence-corrected chi connectivity index (χ2v) is 5.08. The summed E-state index contributed by atoms with van der Waals surface area (Å²) in [4.78, 5) is 0. The highest BCUT2D eigenvalue weighted by molar-refractivity contribution is 14.1. The monoisotopic (exact) mass is 318 g/mol. The van der Waals surface area contributed by atoms with Crippen LogP contribution >= 0.6 is 22.6 Å². The fourth-order valence-corrected chi connectivity index (χ4v) is 2.71. The molecule has 1 unspecified atom stereocenters. The zero-order valence-electron chi connectivity index (χ0n) is 8.53. The number of benzene rings is 1. The summed E-state index contributed by atoms with van der Waals surface area (Å²) in [5.41, 5.74) is 1.06. The van der Waals surface area contributed by atoms with Crippen molar-refractivity contribution >= 4 is 22.6 Å². The maximum atomic E-state index is 10.3. The van der Waals surface area contributed by atoms with Crippen LogP contribution in [0.2, 0.25) is 0 Å². The van der Waals surface area contributed by atoms with Crippen LogP contribution < -0.4 is 0 Å². The summed E-state index contributed by atoms with van der Waals surface area (Å²) in [5, 5.41) is 10.3. The van der Waals surface area contributed by atoms with Gasteiger partial charge in [-0.1, -0.05) is 18.2 Å². The third-order valence-electron chi connectivity index (χ3n) is 2.94. The van der Waals surface area contributed by atoms with Gasteiger partial charge in [0.25, 0.3) is 0 Å². The molecule has 3 heteroatoms. The van der Waals surface area contributed by atoms with E-state index >= 15 is 0 Å². The van der Waals surface area contributed by atoms with Crippen molar-refractivity contribution in [3.63, 3.8) is 0 Å². The summed E-state index contributed by atoms with van der Waals surface area (Å²) >= 11 is 2.28. The van der Waals surface area contributed by atoms with Gasteiger partial charge >= 0.3 is 0 Å². The van der Waals surface area contributed by atoms with Crippen LogP contribution in [-0.2, 0) is 4.74 Å². The van der Waals surface area contributed by atoms with Crippen LogP contribution in [-0.4, -0.2) is 18.3 Å². The van der Waals surface area contributed by atoms with Gasteiger partial charge in [-0.25, -0.2) is 0 Å². The van der Waals surface area contributed by atoms with E-state index in [4.69, 9.17) is 4.74 Å². The molecule has 0 amide bonds. The van der Waals surface area contributed by atoms with Crippen molar-refractivity contribution in [3.05, 3.63) is 33.4 Å². The van der Waals surface area contributed by atoms with E-state index in [1.54, 1.807) is 0 Å². The Kier molecular flexibility index (Phi) is 3.99. The Balaban J connectivity index is 2.12. The minimum atomic E-state index is -0.331. The van der Waals surface area contributed by atoms with Crippen molar-refractivity contribution in [1.29, 1.82) is 0 Å². The predicted octanol–water partition coefficient (Wildman–Crippen LogP) is 2.75. The first-order valence-electron chi connectivity index (χ1n) is 5.29. The summed E-state index contributed by atoms with van der Waals surface area (Å²) in [6.07, 6.45) is 1.60. The van der Waals surface area contributed by atoms with Crippen LogP contribution in [0, 0.1) is 9.49 Å². The van der Waals surface area contributed by atoms with E-state index in [-0.39, 0.29) is 6.10 Å². The molecule has 0 bridgehead atoms. The van der Waals surface area contributed by atoms with Crippen molar-refractivity contribution in [2.75, 3.05) is 13.2 Å². The topological polar surface area (TPSA) is 29.5 Å². The standard InChI is InChI=1S/C12H15IO2/c13-11-4-2-1-3-10(11)12(14)9-5-7-15-8-6-9/h1-4,9,12,14H,5-8H2. The fraction of sp³-hybridized carbons (Fsp3) is 0.500. The molecule has 1 saturated heterocycles. The molecule has 2 nitrogen and oxygen atoms in total. The number of halogens is 1. The SMILES string of the molecule is OC(c1ccccc1I)C1CCOCC1. The van der Waals surface area contributed by atoms with Gasteiger partial charge in [-0.3, -0.25) is 0 Å². The van der Waals surface area contributed by atoms with E-state index < -0.39 is 0 Å². The van der Waals surface area contributed by atoms with Crippen LogP contribution in [0.3, 0.4) is 0 Å². The quantitative estimate of drug-likeness (QED) is 0.850. The summed E-state index contributed by atoms with van der Waals surface area (Å²) in [6.45, 7) is 1.57. The lowest BCUT2D eigenvalue weighted by molar-refractivity contribution is 0.00689. The zero-order chi connectivity index (χ0) is 10.7. The van der Waals surface area contributed by atoms with Crippen LogP contribution in [0.1, 0.15) is 24.5 Å². The smallest absolute Gasteiger partial charge is 0.0830 e. The highest BCUT2D eigenvalue weighted by atomic mass is 127. The Hall–Kier alpha value is -0.130. The largest absolute Gasteiger partial charge is 0.388 e. The molecule has 82 valence electrons. The lowest BCUT2D eigenvalue weighted by atomic mass is 9.89. The average molecular weight is 318 g/mol. The minimum Gasteiger partial charge on any atom is -0.388 e. The van der Waals surface area contributed by atoms with Crippen molar-refractivity contribution in [2.45, 2.75) is 18.9 Å². The number of ether oxygens (including phenoxy) is 1. The Morgan fingerprint density at radius 2 is 1.93 bits per heavy atom. The van der Waals surface area contributed by atoms with Crippen LogP contribution in [0.15, 0.2) is 24.3 Å². The molecular weight excluding hydrogens is 303 g/mol. The lowest BCUT2D eigenvalue weighted by Gasteiger charge is -2.27. The molecule has 1 heterocycles. The molecule has 1 fully saturated rings. The minimum absolute atomic E-state index is 0.331. The van der Waals surface area contributed by atoms with Gasteiger partial charge in [0, 0.05) is 16.8 Å². The maximum Gasteiger partial charge on any atom is 0.0830 e. The number of aliphatic hydroxyl groups is 1. The summed E-state index contributed by atoms with van der Waals surface area (Å²) in [6, 6.07) is 8.04. The second-order valence-electron chi connectivity index (χ2n) is 3.92. The van der Waals surface area contributed by atoms with E-state index in [2.05, 4.69) is 22.6 Å². The first kappa shape index (κ1) is 11.4. The molecule has 0 saturated carbocycles. The van der Waals surface area contributed by atoms with Crippen LogP contribution in [0.5, 0.6) is 0 Å². The number of aliphatic hydroxyl groups excluding tert-OH is 1. The number of hydrogen-bond acceptors (Lipinski definition) is 2. The molecule has 15 heavy (non-hydrogen) atoms. The molecule has 0 radical (unpaired) electrons. The summed E-state index contributed by atoms with van der Waals surface area (Å²) < 4.78 is 6.45. The molecule has 2 rings (SSSR count). The van der Waals surface area contributed by atoms with Gasteiger partial charge in [-0.05, 0) is 53.0 Å². The normalized spacial score (nSPS) is 20.1. The first-order chi connectivity index (χ1) is 7.29. The third-order valence-corrected chi connectivity index (χ3v) is 3.92. The molecule has 1 aromatic rings. The number of rotatable bonds is 2. The molecule has 0 aliphatic carbocycles. The van der Waals surface area contributed by atoms with Crippen molar-refractivity contribution in [3.8, 4) is 0 Å². The molecule has 1 atom stereocenters. The zero-order valence-corrected chi connectivity index (χ0v) is 10.7. The lowest BCUT2D eigenvalue weighted by Crippen LogP contribution is -2.22. The van der Waals surface area contributed by atoms with E-state index in [1.807, 2.05) is 24.3 Å². The Labute approximate surface area is 104 Å². The van der Waals surface area contributed by atoms with Gasteiger partial charge in [0.2, 0.25) is 0 Å². The van der Waals surface area contributed by atoms with E-state index in [0.29, 0.717) is 5.92 Å². The van der Waals surface area contributed by atoms with E-state index in [1.165, 1.54) is 0 Å². The van der Waals surface area contributed by atoms with Gasteiger partial charge in [0.05, 0.1) is 6.10 Å². The Bertz CT molecular complexity index is 321. The van der Waals surface area contributed by atoms with Gasteiger partial charge in [-0.15, -0.1) is 0 Å². The predicted molar refractivity (Wildman–Crippen MR) is 67.7 cm³/mol. The molecule has 0 spiro atoms. The molecule has 1 aliphatic heterocycles.